The molecule has 1 heterocycles. The van der Waals surface area contributed by atoms with Crippen LogP contribution in [0.1, 0.15) is 38.9 Å². The smallest absolute Gasteiger partial charge is 0.257 e. The minimum atomic E-state index is -3.48. The van der Waals surface area contributed by atoms with Crippen LogP contribution in [0, 0.1) is 0 Å². The largest absolute Gasteiger partial charge is 0.332 e. The first-order chi connectivity index (χ1) is 8.36. The molecular formula is C11H21N3O2S2. The van der Waals surface area contributed by atoms with Crippen molar-refractivity contribution in [1.82, 2.24) is 14.7 Å². The van der Waals surface area contributed by atoms with E-state index >= 15 is 0 Å². The summed E-state index contributed by atoms with van der Waals surface area (Å²) in [5, 5.41) is 0.141. The molecule has 0 spiro atoms. The summed E-state index contributed by atoms with van der Waals surface area (Å²) < 4.78 is 26.8. The number of imidazole rings is 1. The lowest BCUT2D eigenvalue weighted by molar-refractivity contribution is 0.553. The fourth-order valence-corrected chi connectivity index (χ4v) is 3.23. The number of hydrogen-bond acceptors (Lipinski definition) is 4. The Morgan fingerprint density at radius 1 is 1.44 bits per heavy atom. The van der Waals surface area contributed by atoms with E-state index in [0.29, 0.717) is 5.82 Å². The van der Waals surface area contributed by atoms with Crippen molar-refractivity contribution in [1.29, 1.82) is 0 Å². The van der Waals surface area contributed by atoms with Crippen LogP contribution in [-0.4, -0.2) is 36.4 Å². The quantitative estimate of drug-likeness (QED) is 0.805. The fourth-order valence-electron chi connectivity index (χ4n) is 1.43. The van der Waals surface area contributed by atoms with E-state index in [-0.39, 0.29) is 17.0 Å². The van der Waals surface area contributed by atoms with Gasteiger partial charge in [0.05, 0.1) is 6.20 Å². The van der Waals surface area contributed by atoms with Gasteiger partial charge in [0.25, 0.3) is 10.0 Å². The van der Waals surface area contributed by atoms with Gasteiger partial charge in [0.2, 0.25) is 0 Å². The van der Waals surface area contributed by atoms with Crippen LogP contribution < -0.4 is 4.72 Å². The molecule has 0 fully saturated rings. The highest BCUT2D eigenvalue weighted by atomic mass is 32.2. The van der Waals surface area contributed by atoms with Gasteiger partial charge in [-0.1, -0.05) is 13.8 Å². The summed E-state index contributed by atoms with van der Waals surface area (Å²) in [4.78, 5) is 6.92. The van der Waals surface area contributed by atoms with Crippen LogP contribution in [0.4, 0.5) is 0 Å². The average molecular weight is 291 g/mol. The molecule has 1 unspecified atom stereocenters. The highest BCUT2D eigenvalue weighted by Gasteiger charge is 2.20. The van der Waals surface area contributed by atoms with E-state index in [4.69, 9.17) is 0 Å². The van der Waals surface area contributed by atoms with Crippen molar-refractivity contribution >= 4 is 21.8 Å². The average Bonchev–Trinajstić information content (AvgIpc) is 2.75. The summed E-state index contributed by atoms with van der Waals surface area (Å²) in [5.74, 6) is 1.80. The second-order valence-corrected chi connectivity index (χ2v) is 7.26. The molecule has 1 atom stereocenters. The van der Waals surface area contributed by atoms with Crippen LogP contribution in [0.2, 0.25) is 0 Å². The molecule has 0 aliphatic heterocycles. The van der Waals surface area contributed by atoms with Crippen LogP contribution in [-0.2, 0) is 10.0 Å². The van der Waals surface area contributed by atoms with Crippen molar-refractivity contribution in [2.75, 3.05) is 12.0 Å². The molecule has 1 aromatic heterocycles. The second-order valence-electron chi connectivity index (χ2n) is 4.59. The van der Waals surface area contributed by atoms with E-state index in [1.54, 1.807) is 11.8 Å². The molecule has 2 N–H and O–H groups in total. The number of aromatic nitrogens is 2. The minimum absolute atomic E-state index is 0.0757. The second kappa shape index (κ2) is 6.58. The van der Waals surface area contributed by atoms with Crippen molar-refractivity contribution < 1.29 is 8.42 Å². The predicted octanol–water partition coefficient (Wildman–Crippen LogP) is 1.95. The van der Waals surface area contributed by atoms with Crippen LogP contribution in [0.25, 0.3) is 0 Å². The number of sulfonamides is 1. The molecule has 0 aromatic carbocycles. The number of rotatable bonds is 7. The molecule has 5 nitrogen and oxygen atoms in total. The lowest BCUT2D eigenvalue weighted by Crippen LogP contribution is -2.33. The highest BCUT2D eigenvalue weighted by Crippen LogP contribution is 2.13. The summed E-state index contributed by atoms with van der Waals surface area (Å²) in [6, 6.07) is -0.0757. The maximum atomic E-state index is 12.1. The monoisotopic (exact) mass is 291 g/mol. The third-order valence-electron chi connectivity index (χ3n) is 2.52. The van der Waals surface area contributed by atoms with Crippen molar-refractivity contribution in [3.8, 4) is 0 Å². The van der Waals surface area contributed by atoms with Crippen molar-refractivity contribution in [2.24, 2.45) is 0 Å². The summed E-state index contributed by atoms with van der Waals surface area (Å²) in [5.41, 5.74) is 0. The van der Waals surface area contributed by atoms with Crippen LogP contribution in [0.3, 0.4) is 0 Å². The standard InChI is InChI=1S/C11H21N3O2S2/c1-8(2)11-12-7-10(13-11)18(15,16)14-9(3)5-6-17-4/h7-9,14H,5-6H2,1-4H3,(H,12,13). The Balaban J connectivity index is 2.73. The summed E-state index contributed by atoms with van der Waals surface area (Å²) >= 11 is 1.70. The summed E-state index contributed by atoms with van der Waals surface area (Å²) in [7, 11) is -3.48. The maximum Gasteiger partial charge on any atom is 0.257 e. The predicted molar refractivity (Wildman–Crippen MR) is 75.5 cm³/mol. The zero-order valence-electron chi connectivity index (χ0n) is 11.2. The summed E-state index contributed by atoms with van der Waals surface area (Å²) in [6.07, 6.45) is 4.19. The van der Waals surface area contributed by atoms with Gasteiger partial charge in [0, 0.05) is 12.0 Å². The van der Waals surface area contributed by atoms with Gasteiger partial charge in [0.1, 0.15) is 5.82 Å². The molecule has 0 aliphatic rings. The zero-order chi connectivity index (χ0) is 13.8. The van der Waals surface area contributed by atoms with Gasteiger partial charge in [-0.15, -0.1) is 0 Å². The lowest BCUT2D eigenvalue weighted by Gasteiger charge is -2.12. The summed E-state index contributed by atoms with van der Waals surface area (Å²) in [6.45, 7) is 5.79. The van der Waals surface area contributed by atoms with Gasteiger partial charge < -0.3 is 4.98 Å². The molecule has 1 aromatic rings. The Hall–Kier alpha value is -0.530. The van der Waals surface area contributed by atoms with Gasteiger partial charge >= 0.3 is 0 Å². The van der Waals surface area contributed by atoms with E-state index in [0.717, 1.165) is 12.2 Å². The first kappa shape index (κ1) is 15.5. The molecule has 0 aliphatic carbocycles. The van der Waals surface area contributed by atoms with Gasteiger partial charge in [0.15, 0.2) is 5.03 Å². The molecule has 0 amide bonds. The van der Waals surface area contributed by atoms with Crippen molar-refractivity contribution in [2.45, 2.75) is 44.2 Å². The third-order valence-corrected chi connectivity index (χ3v) is 4.66. The van der Waals surface area contributed by atoms with Gasteiger partial charge in [-0.05, 0) is 25.4 Å². The van der Waals surface area contributed by atoms with Crippen LogP contribution in [0.5, 0.6) is 0 Å². The molecule has 0 bridgehead atoms. The number of nitrogens with one attached hydrogen (secondary N) is 2. The Morgan fingerprint density at radius 2 is 2.11 bits per heavy atom. The number of thioether (sulfide) groups is 1. The topological polar surface area (TPSA) is 74.8 Å². The Kier molecular flexibility index (Phi) is 5.68. The molecule has 0 radical (unpaired) electrons. The molecule has 1 rings (SSSR count). The van der Waals surface area contributed by atoms with Gasteiger partial charge in [-0.25, -0.2) is 18.1 Å². The molecule has 0 saturated heterocycles. The number of nitrogens with zero attached hydrogens (tertiary/aromatic N) is 1. The molecule has 0 saturated carbocycles. The Labute approximate surface area is 113 Å². The van der Waals surface area contributed by atoms with Crippen molar-refractivity contribution in [3.63, 3.8) is 0 Å². The van der Waals surface area contributed by atoms with Crippen LogP contribution >= 0.6 is 11.8 Å². The molecular weight excluding hydrogens is 270 g/mol. The van der Waals surface area contributed by atoms with E-state index in [1.165, 1.54) is 6.20 Å². The van der Waals surface area contributed by atoms with Crippen LogP contribution in [0.15, 0.2) is 11.2 Å². The SMILES string of the molecule is CSCCC(C)NS(=O)(=O)c1cnc(C(C)C)[nH]1. The number of hydrogen-bond donors (Lipinski definition) is 2. The van der Waals surface area contributed by atoms with E-state index in [9.17, 15) is 8.42 Å². The highest BCUT2D eigenvalue weighted by molar-refractivity contribution is 7.98. The maximum absolute atomic E-state index is 12.1. The first-order valence-electron chi connectivity index (χ1n) is 5.93. The first-order valence-corrected chi connectivity index (χ1v) is 8.80. The van der Waals surface area contributed by atoms with Crippen molar-refractivity contribution in [3.05, 3.63) is 12.0 Å². The Bertz CT molecular complexity index is 468. The Morgan fingerprint density at radius 3 is 2.61 bits per heavy atom. The fraction of sp³-hybridized carbons (Fsp3) is 0.727. The normalized spacial score (nSPS) is 14.1. The van der Waals surface area contributed by atoms with E-state index in [2.05, 4.69) is 14.7 Å². The number of H-pyrrole nitrogens is 1. The molecule has 18 heavy (non-hydrogen) atoms. The van der Waals surface area contributed by atoms with Gasteiger partial charge in [-0.2, -0.15) is 11.8 Å². The minimum Gasteiger partial charge on any atom is -0.332 e. The third kappa shape index (κ3) is 4.29. The van der Waals surface area contributed by atoms with E-state index < -0.39 is 10.0 Å². The zero-order valence-corrected chi connectivity index (χ0v) is 12.9. The molecule has 104 valence electrons. The van der Waals surface area contributed by atoms with Gasteiger partial charge in [-0.3, -0.25) is 0 Å². The lowest BCUT2D eigenvalue weighted by atomic mass is 10.2. The molecule has 7 heteroatoms. The number of aromatic amines is 1. The van der Waals surface area contributed by atoms with E-state index in [1.807, 2.05) is 27.0 Å².